The summed E-state index contributed by atoms with van der Waals surface area (Å²) in [6, 6.07) is 17.5. The Morgan fingerprint density at radius 1 is 1.19 bits per heavy atom. The number of carbonyl (C=O) groups is 1. The number of para-hydroxylation sites is 1. The van der Waals surface area contributed by atoms with E-state index in [2.05, 4.69) is 10.3 Å². The van der Waals surface area contributed by atoms with Crippen molar-refractivity contribution < 1.29 is 9.53 Å². The lowest BCUT2D eigenvalue weighted by Crippen LogP contribution is -2.40. The number of benzene rings is 2. The molecule has 1 amide bonds. The third-order valence-corrected chi connectivity index (χ3v) is 4.79. The van der Waals surface area contributed by atoms with Gasteiger partial charge in [-0.05, 0) is 23.6 Å². The van der Waals surface area contributed by atoms with Gasteiger partial charge in [0.25, 0.3) is 0 Å². The summed E-state index contributed by atoms with van der Waals surface area (Å²) in [4.78, 5) is 17.4. The first-order valence-corrected chi connectivity index (χ1v) is 8.75. The fourth-order valence-electron chi connectivity index (χ4n) is 3.35. The van der Waals surface area contributed by atoms with Gasteiger partial charge in [0.05, 0.1) is 5.92 Å². The SMILES string of the molecule is Cn1ccnc1[C@H](NC(=O)[C@@H]1COc2ccccc2C1)c1ccccc1. The number of ether oxygens (including phenoxy) is 1. The summed E-state index contributed by atoms with van der Waals surface area (Å²) >= 11 is 0. The zero-order chi connectivity index (χ0) is 17.9. The Bertz CT molecular complexity index is 904. The van der Waals surface area contributed by atoms with Gasteiger partial charge in [0.15, 0.2) is 0 Å². The number of fused-ring (bicyclic) bond motifs is 1. The van der Waals surface area contributed by atoms with E-state index >= 15 is 0 Å². The van der Waals surface area contributed by atoms with Crippen LogP contribution in [0.25, 0.3) is 0 Å². The largest absolute Gasteiger partial charge is 0.492 e. The molecular formula is C21H21N3O2. The molecule has 0 saturated carbocycles. The monoisotopic (exact) mass is 347 g/mol. The first-order valence-electron chi connectivity index (χ1n) is 8.75. The fraction of sp³-hybridized carbons (Fsp3) is 0.238. The van der Waals surface area contributed by atoms with Crippen LogP contribution in [0, 0.1) is 5.92 Å². The molecule has 0 bridgehead atoms. The molecule has 2 aromatic carbocycles. The Hall–Kier alpha value is -3.08. The molecule has 1 aliphatic heterocycles. The molecule has 1 N–H and O–H groups in total. The zero-order valence-electron chi connectivity index (χ0n) is 14.6. The Balaban J connectivity index is 1.57. The Kier molecular flexibility index (Phi) is 4.44. The molecule has 4 rings (SSSR count). The van der Waals surface area contributed by atoms with Gasteiger partial charge in [0.2, 0.25) is 5.91 Å². The Labute approximate surface area is 152 Å². The topological polar surface area (TPSA) is 56.2 Å². The Morgan fingerprint density at radius 2 is 1.96 bits per heavy atom. The number of carbonyl (C=O) groups excluding carboxylic acids is 1. The van der Waals surface area contributed by atoms with Crippen molar-refractivity contribution in [2.75, 3.05) is 6.61 Å². The summed E-state index contributed by atoms with van der Waals surface area (Å²) in [5.41, 5.74) is 2.08. The summed E-state index contributed by atoms with van der Waals surface area (Å²) in [6.45, 7) is 0.394. The summed E-state index contributed by atoms with van der Waals surface area (Å²) in [5, 5.41) is 3.17. The van der Waals surface area contributed by atoms with Gasteiger partial charge < -0.3 is 14.6 Å². The predicted molar refractivity (Wildman–Crippen MR) is 98.8 cm³/mol. The highest BCUT2D eigenvalue weighted by Gasteiger charge is 2.29. The molecule has 0 fully saturated rings. The summed E-state index contributed by atoms with van der Waals surface area (Å²) in [7, 11) is 1.93. The zero-order valence-corrected chi connectivity index (χ0v) is 14.6. The predicted octanol–water partition coefficient (Wildman–Crippen LogP) is 2.88. The lowest BCUT2D eigenvalue weighted by atomic mass is 9.95. The summed E-state index contributed by atoms with van der Waals surface area (Å²) in [5.74, 6) is 1.45. The maximum absolute atomic E-state index is 13.0. The highest BCUT2D eigenvalue weighted by Crippen LogP contribution is 2.28. The Morgan fingerprint density at radius 3 is 2.73 bits per heavy atom. The number of aromatic nitrogens is 2. The maximum atomic E-state index is 13.0. The molecule has 1 aromatic heterocycles. The average molecular weight is 347 g/mol. The van der Waals surface area contributed by atoms with Crippen molar-refractivity contribution in [3.63, 3.8) is 0 Å². The molecule has 0 saturated heterocycles. The molecule has 132 valence electrons. The number of hydrogen-bond acceptors (Lipinski definition) is 3. The highest BCUT2D eigenvalue weighted by molar-refractivity contribution is 5.80. The van der Waals surface area contributed by atoms with Crippen LogP contribution in [0.5, 0.6) is 5.75 Å². The highest BCUT2D eigenvalue weighted by atomic mass is 16.5. The van der Waals surface area contributed by atoms with Gasteiger partial charge in [-0.1, -0.05) is 48.5 Å². The molecule has 0 spiro atoms. The molecular weight excluding hydrogens is 326 g/mol. The molecule has 5 nitrogen and oxygen atoms in total. The second-order valence-electron chi connectivity index (χ2n) is 6.57. The first-order chi connectivity index (χ1) is 12.7. The van der Waals surface area contributed by atoms with E-state index in [0.717, 1.165) is 22.7 Å². The van der Waals surface area contributed by atoms with Crippen LogP contribution in [0.4, 0.5) is 0 Å². The van der Waals surface area contributed by atoms with Crippen molar-refractivity contribution >= 4 is 5.91 Å². The van der Waals surface area contributed by atoms with Gasteiger partial charge in [0, 0.05) is 19.4 Å². The first kappa shape index (κ1) is 16.4. The molecule has 0 aliphatic carbocycles. The second-order valence-corrected chi connectivity index (χ2v) is 6.57. The summed E-state index contributed by atoms with van der Waals surface area (Å²) < 4.78 is 7.71. The van der Waals surface area contributed by atoms with Gasteiger partial charge in [-0.2, -0.15) is 0 Å². The van der Waals surface area contributed by atoms with E-state index in [9.17, 15) is 4.79 Å². The minimum atomic E-state index is -0.291. The van der Waals surface area contributed by atoms with Crippen LogP contribution in [-0.4, -0.2) is 22.1 Å². The van der Waals surface area contributed by atoms with Crippen LogP contribution in [-0.2, 0) is 18.3 Å². The number of hydrogen-bond donors (Lipinski definition) is 1. The van der Waals surface area contributed by atoms with E-state index in [1.165, 1.54) is 0 Å². The average Bonchev–Trinajstić information content (AvgIpc) is 3.12. The molecule has 0 radical (unpaired) electrons. The molecule has 3 aromatic rings. The van der Waals surface area contributed by atoms with Crippen molar-refractivity contribution in [3.05, 3.63) is 83.9 Å². The smallest absolute Gasteiger partial charge is 0.227 e. The quantitative estimate of drug-likeness (QED) is 0.789. The van der Waals surface area contributed by atoms with Crippen LogP contribution in [0.15, 0.2) is 67.0 Å². The summed E-state index contributed by atoms with van der Waals surface area (Å²) in [6.07, 6.45) is 4.32. The lowest BCUT2D eigenvalue weighted by molar-refractivity contribution is -0.126. The van der Waals surface area contributed by atoms with Gasteiger partial charge >= 0.3 is 0 Å². The maximum Gasteiger partial charge on any atom is 0.227 e. The lowest BCUT2D eigenvalue weighted by Gasteiger charge is -2.27. The van der Waals surface area contributed by atoms with Crippen LogP contribution >= 0.6 is 0 Å². The number of imidazole rings is 1. The normalized spacial score (nSPS) is 17.0. The molecule has 2 heterocycles. The number of nitrogens with one attached hydrogen (secondary N) is 1. The minimum absolute atomic E-state index is 0.0173. The van der Waals surface area contributed by atoms with Crippen molar-refractivity contribution in [3.8, 4) is 5.75 Å². The third kappa shape index (κ3) is 3.20. The van der Waals surface area contributed by atoms with Crippen molar-refractivity contribution in [1.29, 1.82) is 0 Å². The third-order valence-electron chi connectivity index (χ3n) is 4.79. The van der Waals surface area contributed by atoms with Gasteiger partial charge in [-0.3, -0.25) is 4.79 Å². The fourth-order valence-corrected chi connectivity index (χ4v) is 3.35. The number of nitrogens with zero attached hydrogens (tertiary/aromatic N) is 2. The number of aryl methyl sites for hydroxylation is 1. The molecule has 2 atom stereocenters. The van der Waals surface area contributed by atoms with E-state index in [-0.39, 0.29) is 17.9 Å². The number of rotatable bonds is 4. The standard InChI is InChI=1S/C21H21N3O2/c1-24-12-11-22-20(24)19(15-7-3-2-4-8-15)23-21(25)17-13-16-9-5-6-10-18(16)26-14-17/h2-12,17,19H,13-14H2,1H3,(H,23,25)/t17-,19+/m0/s1. The van der Waals surface area contributed by atoms with E-state index in [0.29, 0.717) is 13.0 Å². The van der Waals surface area contributed by atoms with Crippen LogP contribution < -0.4 is 10.1 Å². The van der Waals surface area contributed by atoms with Crippen molar-refractivity contribution in [2.45, 2.75) is 12.5 Å². The molecule has 1 aliphatic rings. The van der Waals surface area contributed by atoms with Gasteiger partial charge in [-0.25, -0.2) is 4.98 Å². The van der Waals surface area contributed by atoms with Crippen molar-refractivity contribution in [1.82, 2.24) is 14.9 Å². The van der Waals surface area contributed by atoms with Crippen LogP contribution in [0.1, 0.15) is 23.0 Å². The minimum Gasteiger partial charge on any atom is -0.492 e. The van der Waals surface area contributed by atoms with E-state index in [4.69, 9.17) is 4.74 Å². The van der Waals surface area contributed by atoms with Crippen LogP contribution in [0.2, 0.25) is 0 Å². The van der Waals surface area contributed by atoms with E-state index < -0.39 is 0 Å². The van der Waals surface area contributed by atoms with E-state index in [1.807, 2.05) is 72.4 Å². The van der Waals surface area contributed by atoms with Crippen LogP contribution in [0.3, 0.4) is 0 Å². The van der Waals surface area contributed by atoms with Gasteiger partial charge in [-0.15, -0.1) is 0 Å². The molecule has 0 unspecified atom stereocenters. The van der Waals surface area contributed by atoms with E-state index in [1.54, 1.807) is 6.20 Å². The van der Waals surface area contributed by atoms with Gasteiger partial charge in [0.1, 0.15) is 24.2 Å². The van der Waals surface area contributed by atoms with Crippen molar-refractivity contribution in [2.24, 2.45) is 13.0 Å². The molecule has 5 heteroatoms. The molecule has 26 heavy (non-hydrogen) atoms. The second kappa shape index (κ2) is 7.04. The number of amides is 1.